The largest absolute Gasteiger partial charge is 0.327 e. The van der Waals surface area contributed by atoms with Gasteiger partial charge in [-0.25, -0.2) is 0 Å². The maximum atomic E-state index is 5.82. The molecule has 0 saturated heterocycles. The molecule has 0 aliphatic heterocycles. The second-order valence-corrected chi connectivity index (χ2v) is 3.36. The fourth-order valence-corrected chi connectivity index (χ4v) is 1.97. The maximum absolute atomic E-state index is 5.82. The molecule has 2 aliphatic carbocycles. The highest BCUT2D eigenvalue weighted by atomic mass is 14.8. The van der Waals surface area contributed by atoms with Gasteiger partial charge in [0.15, 0.2) is 0 Å². The van der Waals surface area contributed by atoms with Crippen LogP contribution in [0.15, 0.2) is 0 Å². The smallest absolute Gasteiger partial charge is 0.00957 e. The van der Waals surface area contributed by atoms with E-state index in [-0.39, 0.29) is 0 Å². The molecular formula is C7H13N. The molecular weight excluding hydrogens is 98.1 g/mol. The predicted molar refractivity (Wildman–Crippen MR) is 33.5 cm³/mol. The quantitative estimate of drug-likeness (QED) is 0.500. The number of hydrogen-bond donors (Lipinski definition) is 1. The van der Waals surface area contributed by atoms with Gasteiger partial charge in [0.25, 0.3) is 0 Å². The summed E-state index contributed by atoms with van der Waals surface area (Å²) in [4.78, 5) is 0. The van der Waals surface area contributed by atoms with Gasteiger partial charge in [-0.15, -0.1) is 0 Å². The Morgan fingerprint density at radius 1 is 1.25 bits per heavy atom. The number of hydrogen-bond acceptors (Lipinski definition) is 1. The Bertz CT molecular complexity index is 99.4. The van der Waals surface area contributed by atoms with E-state index in [9.17, 15) is 0 Å². The second-order valence-electron chi connectivity index (χ2n) is 3.36. The van der Waals surface area contributed by atoms with Crippen molar-refractivity contribution in [3.05, 3.63) is 0 Å². The minimum atomic E-state index is 0.580. The van der Waals surface area contributed by atoms with Crippen LogP contribution in [0.4, 0.5) is 0 Å². The third-order valence-electron chi connectivity index (χ3n) is 3.09. The third kappa shape index (κ3) is 0.368. The fraction of sp³-hybridized carbons (Fsp3) is 1.00. The molecule has 0 unspecified atom stereocenters. The standard InChI is InChI=1S/C7H13N/c8-6-2-5-7(6)3-1-4-7/h6H,1-5,8H2/t6-/m1/s1. The third-order valence-corrected chi connectivity index (χ3v) is 3.09. The van der Waals surface area contributed by atoms with Gasteiger partial charge in [0.1, 0.15) is 0 Å². The molecule has 0 bridgehead atoms. The van der Waals surface area contributed by atoms with E-state index in [2.05, 4.69) is 0 Å². The first-order chi connectivity index (χ1) is 3.83. The summed E-state index contributed by atoms with van der Waals surface area (Å²) < 4.78 is 0. The minimum absolute atomic E-state index is 0.580. The van der Waals surface area contributed by atoms with Gasteiger partial charge in [0, 0.05) is 6.04 Å². The fourth-order valence-electron chi connectivity index (χ4n) is 1.97. The van der Waals surface area contributed by atoms with Crippen LogP contribution in [0.2, 0.25) is 0 Å². The van der Waals surface area contributed by atoms with Gasteiger partial charge in [-0.05, 0) is 31.1 Å². The van der Waals surface area contributed by atoms with E-state index in [0.717, 1.165) is 0 Å². The zero-order chi connectivity index (χ0) is 5.61. The van der Waals surface area contributed by atoms with E-state index in [1.54, 1.807) is 0 Å². The van der Waals surface area contributed by atoms with Gasteiger partial charge in [0.05, 0.1) is 0 Å². The van der Waals surface area contributed by atoms with Gasteiger partial charge >= 0.3 is 0 Å². The molecule has 1 spiro atoms. The van der Waals surface area contributed by atoms with Crippen molar-refractivity contribution in [1.29, 1.82) is 0 Å². The summed E-state index contributed by atoms with van der Waals surface area (Å²) in [5.41, 5.74) is 6.50. The summed E-state index contributed by atoms with van der Waals surface area (Å²) in [6.45, 7) is 0. The molecule has 0 amide bonds. The summed E-state index contributed by atoms with van der Waals surface area (Å²) in [5, 5.41) is 0. The van der Waals surface area contributed by atoms with E-state index in [4.69, 9.17) is 5.73 Å². The van der Waals surface area contributed by atoms with Crippen molar-refractivity contribution in [2.75, 3.05) is 0 Å². The normalized spacial score (nSPS) is 40.9. The lowest BCUT2D eigenvalue weighted by molar-refractivity contribution is 0.00253. The molecule has 2 saturated carbocycles. The Hall–Kier alpha value is -0.0400. The first kappa shape index (κ1) is 4.80. The molecule has 0 aromatic rings. The zero-order valence-electron chi connectivity index (χ0n) is 5.19. The topological polar surface area (TPSA) is 26.0 Å². The van der Waals surface area contributed by atoms with Crippen LogP contribution in [0.5, 0.6) is 0 Å². The van der Waals surface area contributed by atoms with Crippen molar-refractivity contribution in [3.8, 4) is 0 Å². The maximum Gasteiger partial charge on any atom is 0.00957 e. The number of nitrogens with two attached hydrogens (primary N) is 1. The molecule has 0 aromatic heterocycles. The summed E-state index contributed by atoms with van der Waals surface area (Å²) >= 11 is 0. The van der Waals surface area contributed by atoms with Gasteiger partial charge < -0.3 is 5.73 Å². The van der Waals surface area contributed by atoms with E-state index < -0.39 is 0 Å². The van der Waals surface area contributed by atoms with Crippen molar-refractivity contribution < 1.29 is 0 Å². The molecule has 0 heterocycles. The molecule has 2 fully saturated rings. The van der Waals surface area contributed by atoms with E-state index in [1.807, 2.05) is 0 Å². The van der Waals surface area contributed by atoms with Crippen molar-refractivity contribution in [2.24, 2.45) is 11.1 Å². The van der Waals surface area contributed by atoms with Gasteiger partial charge in [-0.3, -0.25) is 0 Å². The van der Waals surface area contributed by atoms with E-state index in [0.29, 0.717) is 11.5 Å². The Morgan fingerprint density at radius 2 is 2.00 bits per heavy atom. The Morgan fingerprint density at radius 3 is 2.00 bits per heavy atom. The van der Waals surface area contributed by atoms with Gasteiger partial charge in [-0.2, -0.15) is 0 Å². The van der Waals surface area contributed by atoms with Crippen molar-refractivity contribution in [3.63, 3.8) is 0 Å². The average Bonchev–Trinajstić information content (AvgIpc) is 1.58. The van der Waals surface area contributed by atoms with Crippen molar-refractivity contribution in [2.45, 2.75) is 38.1 Å². The molecule has 2 N–H and O–H groups in total. The lowest BCUT2D eigenvalue weighted by Gasteiger charge is -2.54. The molecule has 0 aromatic carbocycles. The second kappa shape index (κ2) is 1.27. The van der Waals surface area contributed by atoms with E-state index >= 15 is 0 Å². The SMILES string of the molecule is N[C@@H]1CCC12CCC2. The molecule has 8 heavy (non-hydrogen) atoms. The van der Waals surface area contributed by atoms with Crippen LogP contribution < -0.4 is 5.73 Å². The summed E-state index contributed by atoms with van der Waals surface area (Å²) in [7, 11) is 0. The van der Waals surface area contributed by atoms with E-state index in [1.165, 1.54) is 32.1 Å². The molecule has 1 heteroatoms. The summed E-state index contributed by atoms with van der Waals surface area (Å²) in [6.07, 6.45) is 7.00. The van der Waals surface area contributed by atoms with Crippen molar-refractivity contribution >= 4 is 0 Å². The average molecular weight is 111 g/mol. The highest BCUT2D eigenvalue weighted by Crippen LogP contribution is 2.54. The monoisotopic (exact) mass is 111 g/mol. The molecule has 1 atom stereocenters. The van der Waals surface area contributed by atoms with Crippen LogP contribution in [0.3, 0.4) is 0 Å². The van der Waals surface area contributed by atoms with Gasteiger partial charge in [0.2, 0.25) is 0 Å². The molecule has 0 radical (unpaired) electrons. The van der Waals surface area contributed by atoms with Crippen LogP contribution in [0, 0.1) is 5.41 Å². The lowest BCUT2D eigenvalue weighted by atomic mass is 9.53. The van der Waals surface area contributed by atoms with Crippen molar-refractivity contribution in [1.82, 2.24) is 0 Å². The van der Waals surface area contributed by atoms with Crippen LogP contribution in [0.1, 0.15) is 32.1 Å². The molecule has 1 nitrogen and oxygen atoms in total. The first-order valence-electron chi connectivity index (χ1n) is 3.59. The molecule has 46 valence electrons. The summed E-state index contributed by atoms with van der Waals surface area (Å²) in [5.74, 6) is 0. The van der Waals surface area contributed by atoms with Crippen LogP contribution in [0.25, 0.3) is 0 Å². The predicted octanol–water partition coefficient (Wildman–Crippen LogP) is 1.28. The van der Waals surface area contributed by atoms with Crippen LogP contribution >= 0.6 is 0 Å². The van der Waals surface area contributed by atoms with Crippen LogP contribution in [-0.2, 0) is 0 Å². The Kier molecular flexibility index (Phi) is 0.762. The number of rotatable bonds is 0. The molecule has 2 rings (SSSR count). The highest BCUT2D eigenvalue weighted by molar-refractivity contribution is 5.03. The summed E-state index contributed by atoms with van der Waals surface area (Å²) in [6, 6.07) is 0.580. The van der Waals surface area contributed by atoms with Crippen LogP contribution in [-0.4, -0.2) is 6.04 Å². The Balaban J connectivity index is 2.03. The first-order valence-corrected chi connectivity index (χ1v) is 3.59. The molecule has 2 aliphatic rings. The highest BCUT2D eigenvalue weighted by Gasteiger charge is 2.48. The van der Waals surface area contributed by atoms with Gasteiger partial charge in [-0.1, -0.05) is 6.42 Å². The minimum Gasteiger partial charge on any atom is -0.327 e. The zero-order valence-corrected chi connectivity index (χ0v) is 5.19. The Labute approximate surface area is 50.3 Å². The lowest BCUT2D eigenvalue weighted by Crippen LogP contribution is -2.54.